The largest absolute Gasteiger partial charge is 0.311 e. The van der Waals surface area contributed by atoms with Crippen LogP contribution < -0.4 is 4.90 Å². The zero-order valence-electron chi connectivity index (χ0n) is 29.7. The second-order valence-electron chi connectivity index (χ2n) is 13.8. The molecule has 0 saturated carbocycles. The molecule has 254 valence electrons. The Morgan fingerprint density at radius 3 is 1.22 bits per heavy atom. The van der Waals surface area contributed by atoms with Crippen molar-refractivity contribution in [1.82, 2.24) is 4.57 Å². The van der Waals surface area contributed by atoms with Crippen LogP contribution in [0.1, 0.15) is 0 Å². The average molecular weight is 689 g/mol. The van der Waals surface area contributed by atoms with E-state index in [0.717, 1.165) is 22.7 Å². The van der Waals surface area contributed by atoms with Crippen LogP contribution in [-0.2, 0) is 0 Å². The maximum atomic E-state index is 2.37. The molecule has 0 atom stereocenters. The Bertz CT molecular complexity index is 2830. The van der Waals surface area contributed by atoms with Crippen LogP contribution in [0.4, 0.5) is 17.1 Å². The van der Waals surface area contributed by atoms with E-state index in [1.807, 2.05) is 0 Å². The minimum absolute atomic E-state index is 1.10. The first-order valence-corrected chi connectivity index (χ1v) is 18.5. The first-order chi connectivity index (χ1) is 26.8. The van der Waals surface area contributed by atoms with Crippen LogP contribution >= 0.6 is 0 Å². The monoisotopic (exact) mass is 688 g/mol. The Morgan fingerprint density at radius 1 is 0.278 bits per heavy atom. The lowest BCUT2D eigenvalue weighted by Crippen LogP contribution is -2.10. The SMILES string of the molecule is c1ccc(-c2ccc(N(c3ccc(-c4ccc(-c5ccc6ccccc6c5)cc4)cc3)c3ccc(-n4c5ccccc5c5ccccc54)cc3)cc2)cc1. The number of fused-ring (bicyclic) bond motifs is 4. The third-order valence-electron chi connectivity index (χ3n) is 10.6. The zero-order chi connectivity index (χ0) is 35.8. The summed E-state index contributed by atoms with van der Waals surface area (Å²) in [5, 5.41) is 5.05. The Labute approximate surface area is 315 Å². The summed E-state index contributed by atoms with van der Waals surface area (Å²) >= 11 is 0. The summed E-state index contributed by atoms with van der Waals surface area (Å²) in [5.74, 6) is 0. The molecule has 0 saturated heterocycles. The van der Waals surface area contributed by atoms with Gasteiger partial charge in [0.2, 0.25) is 0 Å². The molecular formula is C52H36N2. The molecule has 10 rings (SSSR count). The fraction of sp³-hybridized carbons (Fsp3) is 0. The van der Waals surface area contributed by atoms with Crippen molar-refractivity contribution in [2.24, 2.45) is 0 Å². The van der Waals surface area contributed by atoms with Gasteiger partial charge in [-0.2, -0.15) is 0 Å². The molecule has 0 aliphatic rings. The van der Waals surface area contributed by atoms with Gasteiger partial charge in [0.15, 0.2) is 0 Å². The topological polar surface area (TPSA) is 8.17 Å². The molecule has 0 N–H and O–H groups in total. The summed E-state index contributed by atoms with van der Waals surface area (Å²) in [6.45, 7) is 0. The number of anilines is 3. The van der Waals surface area contributed by atoms with Gasteiger partial charge in [-0.3, -0.25) is 0 Å². The smallest absolute Gasteiger partial charge is 0.0541 e. The van der Waals surface area contributed by atoms with Gasteiger partial charge in [-0.25, -0.2) is 0 Å². The Balaban J connectivity index is 1.00. The second-order valence-corrected chi connectivity index (χ2v) is 13.8. The third kappa shape index (κ3) is 5.71. The Hall–Kier alpha value is -7.16. The summed E-state index contributed by atoms with van der Waals surface area (Å²) in [4.78, 5) is 2.34. The van der Waals surface area contributed by atoms with E-state index >= 15 is 0 Å². The van der Waals surface area contributed by atoms with Gasteiger partial charge in [-0.15, -0.1) is 0 Å². The molecule has 0 aliphatic carbocycles. The molecule has 0 aliphatic heterocycles. The molecule has 0 radical (unpaired) electrons. The zero-order valence-corrected chi connectivity index (χ0v) is 29.7. The highest BCUT2D eigenvalue weighted by molar-refractivity contribution is 6.09. The molecule has 0 spiro atoms. The predicted octanol–water partition coefficient (Wildman–Crippen LogP) is 14.4. The van der Waals surface area contributed by atoms with Crippen molar-refractivity contribution in [2.75, 3.05) is 4.90 Å². The van der Waals surface area contributed by atoms with Gasteiger partial charge in [-0.1, -0.05) is 152 Å². The Morgan fingerprint density at radius 2 is 0.667 bits per heavy atom. The third-order valence-corrected chi connectivity index (χ3v) is 10.6. The van der Waals surface area contributed by atoms with Gasteiger partial charge in [0.25, 0.3) is 0 Å². The quantitative estimate of drug-likeness (QED) is 0.162. The maximum Gasteiger partial charge on any atom is 0.0541 e. The summed E-state index contributed by atoms with van der Waals surface area (Å²) in [6, 6.07) is 78.8. The predicted molar refractivity (Wildman–Crippen MR) is 229 cm³/mol. The molecule has 1 aromatic heterocycles. The van der Waals surface area contributed by atoms with Gasteiger partial charge < -0.3 is 9.47 Å². The fourth-order valence-electron chi connectivity index (χ4n) is 7.86. The highest BCUT2D eigenvalue weighted by Crippen LogP contribution is 2.39. The minimum Gasteiger partial charge on any atom is -0.311 e. The van der Waals surface area contributed by atoms with Crippen LogP contribution in [0.3, 0.4) is 0 Å². The molecule has 1 heterocycles. The molecule has 54 heavy (non-hydrogen) atoms. The van der Waals surface area contributed by atoms with Gasteiger partial charge in [-0.05, 0) is 111 Å². The van der Waals surface area contributed by atoms with E-state index in [1.54, 1.807) is 0 Å². The number of aromatic nitrogens is 1. The van der Waals surface area contributed by atoms with Crippen LogP contribution in [0.15, 0.2) is 218 Å². The van der Waals surface area contributed by atoms with Gasteiger partial charge in [0.05, 0.1) is 11.0 Å². The van der Waals surface area contributed by atoms with Crippen molar-refractivity contribution in [3.8, 4) is 39.1 Å². The van der Waals surface area contributed by atoms with E-state index in [1.165, 1.54) is 66.0 Å². The molecule has 0 fully saturated rings. The standard InChI is InChI=1S/C52H36N2/c1-2-10-37(11-3-1)40-24-28-45(29-25-40)53(47-32-34-48(35-33-47)54-51-16-8-6-14-49(51)50-15-7-9-17-52(50)54)46-30-26-41(27-31-46)39-18-20-42(21-19-39)44-23-22-38-12-4-5-13-43(38)36-44/h1-36H. The van der Waals surface area contributed by atoms with Crippen molar-refractivity contribution < 1.29 is 0 Å². The fourth-order valence-corrected chi connectivity index (χ4v) is 7.86. The highest BCUT2D eigenvalue weighted by atomic mass is 15.1. The van der Waals surface area contributed by atoms with Crippen molar-refractivity contribution in [3.05, 3.63) is 218 Å². The first kappa shape index (κ1) is 31.6. The van der Waals surface area contributed by atoms with E-state index < -0.39 is 0 Å². The molecular weight excluding hydrogens is 653 g/mol. The molecule has 9 aromatic carbocycles. The summed E-state index contributed by atoms with van der Waals surface area (Å²) in [5.41, 5.74) is 14.1. The van der Waals surface area contributed by atoms with Crippen LogP contribution in [0.5, 0.6) is 0 Å². The lowest BCUT2D eigenvalue weighted by Gasteiger charge is -2.26. The van der Waals surface area contributed by atoms with Crippen molar-refractivity contribution in [3.63, 3.8) is 0 Å². The van der Waals surface area contributed by atoms with Crippen molar-refractivity contribution in [2.45, 2.75) is 0 Å². The number of nitrogens with zero attached hydrogens (tertiary/aromatic N) is 2. The van der Waals surface area contributed by atoms with Crippen molar-refractivity contribution >= 4 is 49.6 Å². The molecule has 0 bridgehead atoms. The van der Waals surface area contributed by atoms with Gasteiger partial charge in [0, 0.05) is 33.5 Å². The molecule has 2 heteroatoms. The summed E-state index contributed by atoms with van der Waals surface area (Å²) < 4.78 is 2.37. The second kappa shape index (κ2) is 13.4. The van der Waals surface area contributed by atoms with Gasteiger partial charge in [0.1, 0.15) is 0 Å². The van der Waals surface area contributed by atoms with Gasteiger partial charge >= 0.3 is 0 Å². The summed E-state index contributed by atoms with van der Waals surface area (Å²) in [7, 11) is 0. The number of hydrogen-bond donors (Lipinski definition) is 0. The molecule has 10 aromatic rings. The number of rotatable bonds is 7. The Kier molecular flexibility index (Phi) is 7.85. The lowest BCUT2D eigenvalue weighted by atomic mass is 9.98. The number of hydrogen-bond acceptors (Lipinski definition) is 1. The normalized spacial score (nSPS) is 11.3. The first-order valence-electron chi connectivity index (χ1n) is 18.5. The number of benzene rings is 9. The van der Waals surface area contributed by atoms with E-state index in [9.17, 15) is 0 Å². The van der Waals surface area contributed by atoms with Crippen molar-refractivity contribution in [1.29, 1.82) is 0 Å². The minimum atomic E-state index is 1.10. The molecule has 0 unspecified atom stereocenters. The average Bonchev–Trinajstić information content (AvgIpc) is 3.59. The molecule has 2 nitrogen and oxygen atoms in total. The van der Waals surface area contributed by atoms with Crippen LogP contribution in [0.2, 0.25) is 0 Å². The lowest BCUT2D eigenvalue weighted by molar-refractivity contribution is 1.17. The highest BCUT2D eigenvalue weighted by Gasteiger charge is 2.16. The van der Waals surface area contributed by atoms with E-state index in [2.05, 4.69) is 228 Å². The molecule has 0 amide bonds. The maximum absolute atomic E-state index is 2.37. The van der Waals surface area contributed by atoms with E-state index in [-0.39, 0.29) is 0 Å². The summed E-state index contributed by atoms with van der Waals surface area (Å²) in [6.07, 6.45) is 0. The van der Waals surface area contributed by atoms with E-state index in [0.29, 0.717) is 0 Å². The van der Waals surface area contributed by atoms with Crippen LogP contribution in [0, 0.1) is 0 Å². The van der Waals surface area contributed by atoms with Crippen LogP contribution in [0.25, 0.3) is 71.6 Å². The number of para-hydroxylation sites is 2. The van der Waals surface area contributed by atoms with E-state index in [4.69, 9.17) is 0 Å². The van der Waals surface area contributed by atoms with Crippen LogP contribution in [-0.4, -0.2) is 4.57 Å².